The quantitative estimate of drug-likeness (QED) is 0.418. The number of rotatable bonds is 4. The highest BCUT2D eigenvalue weighted by Gasteiger charge is 2.20. The minimum Gasteiger partial charge on any atom is -0.368 e. The number of aromatic amines is 1. The van der Waals surface area contributed by atoms with Crippen molar-refractivity contribution in [3.8, 4) is 5.69 Å². The molecule has 4 N–H and O–H groups in total. The monoisotopic (exact) mass is 388 g/mol. The third kappa shape index (κ3) is 2.76. The number of nitrogen functional groups attached to an aromatic ring is 1. The minimum absolute atomic E-state index is 0.0939. The van der Waals surface area contributed by atoms with Crippen LogP contribution in [0.25, 0.3) is 22.6 Å². The molecule has 0 aliphatic carbocycles. The fraction of sp³-hybridized carbons (Fsp3) is 0.111. The zero-order valence-electron chi connectivity index (χ0n) is 15.3. The fourth-order valence-corrected chi connectivity index (χ4v) is 3.22. The predicted octanol–water partition coefficient (Wildman–Crippen LogP) is 1.30. The van der Waals surface area contributed by atoms with E-state index in [0.29, 0.717) is 34.3 Å². The molecule has 0 amide bonds. The van der Waals surface area contributed by atoms with Crippen molar-refractivity contribution >= 4 is 28.7 Å². The van der Waals surface area contributed by atoms with Gasteiger partial charge in [0.1, 0.15) is 11.3 Å². The molecule has 0 bridgehead atoms. The van der Waals surface area contributed by atoms with E-state index in [1.165, 1.54) is 10.7 Å². The smallest absolute Gasteiger partial charge is 0.341 e. The predicted molar refractivity (Wildman–Crippen MR) is 107 cm³/mol. The minimum atomic E-state index is -0.412. The molecule has 0 fully saturated rings. The molecule has 0 radical (unpaired) electrons. The van der Waals surface area contributed by atoms with Crippen molar-refractivity contribution in [2.75, 3.05) is 11.1 Å². The summed E-state index contributed by atoms with van der Waals surface area (Å²) in [6.07, 6.45) is 4.65. The van der Waals surface area contributed by atoms with Gasteiger partial charge in [-0.1, -0.05) is 18.2 Å². The van der Waals surface area contributed by atoms with Gasteiger partial charge < -0.3 is 16.0 Å². The van der Waals surface area contributed by atoms with Gasteiger partial charge in [0, 0.05) is 12.4 Å². The Balaban J connectivity index is 1.67. The van der Waals surface area contributed by atoms with Crippen LogP contribution in [0, 0.1) is 0 Å². The summed E-state index contributed by atoms with van der Waals surface area (Å²) in [4.78, 5) is 37.4. The number of benzene rings is 1. The van der Waals surface area contributed by atoms with Gasteiger partial charge in [-0.25, -0.2) is 23.7 Å². The van der Waals surface area contributed by atoms with Crippen molar-refractivity contribution < 1.29 is 0 Å². The molecule has 0 saturated heterocycles. The number of hydrogen-bond acceptors (Lipinski definition) is 8. The molecule has 11 nitrogen and oxygen atoms in total. The van der Waals surface area contributed by atoms with Crippen LogP contribution < -0.4 is 16.7 Å². The van der Waals surface area contributed by atoms with Crippen molar-refractivity contribution in [2.24, 2.45) is 0 Å². The molecular weight excluding hydrogens is 372 g/mol. The standard InChI is InChI=1S/C18H16N10O/c1-10(23-14-12-13(22-9-21-12)24-16(19)25-14)15-26-17-20-7-8-27(17)18(29)28(15)11-5-3-2-4-6-11/h2-10H,1H3,(H4,19,21,22,23,24,25). The van der Waals surface area contributed by atoms with Gasteiger partial charge in [0.05, 0.1) is 18.1 Å². The van der Waals surface area contributed by atoms with Crippen LogP contribution in [-0.4, -0.2) is 38.9 Å². The normalized spacial score (nSPS) is 12.4. The number of nitrogens with two attached hydrogens (primary N) is 1. The average Bonchev–Trinajstić information content (AvgIpc) is 3.37. The summed E-state index contributed by atoms with van der Waals surface area (Å²) in [5.41, 5.74) is 7.29. The summed E-state index contributed by atoms with van der Waals surface area (Å²) in [7, 11) is 0. The molecule has 0 aliphatic rings. The highest BCUT2D eigenvalue weighted by Crippen LogP contribution is 2.23. The Morgan fingerprint density at radius 2 is 1.97 bits per heavy atom. The van der Waals surface area contributed by atoms with Crippen LogP contribution in [0.4, 0.5) is 11.8 Å². The van der Waals surface area contributed by atoms with E-state index in [0.717, 1.165) is 0 Å². The first kappa shape index (κ1) is 16.9. The lowest BCUT2D eigenvalue weighted by atomic mass is 10.2. The largest absolute Gasteiger partial charge is 0.368 e. The van der Waals surface area contributed by atoms with E-state index in [9.17, 15) is 4.79 Å². The lowest BCUT2D eigenvalue weighted by Gasteiger charge is -2.19. The van der Waals surface area contributed by atoms with Gasteiger partial charge in [0.25, 0.3) is 0 Å². The number of nitrogens with one attached hydrogen (secondary N) is 2. The number of fused-ring (bicyclic) bond motifs is 2. The van der Waals surface area contributed by atoms with Gasteiger partial charge in [-0.05, 0) is 19.1 Å². The summed E-state index contributed by atoms with van der Waals surface area (Å²) in [6.45, 7) is 1.88. The number of nitrogens with zero attached hydrogens (tertiary/aromatic N) is 7. The SMILES string of the molecule is CC(Nc1nc(N)nc2nc[nH]c12)c1nc2nccn2c(=O)n1-c1ccccc1. The van der Waals surface area contributed by atoms with E-state index in [4.69, 9.17) is 5.73 Å². The number of para-hydroxylation sites is 1. The van der Waals surface area contributed by atoms with E-state index >= 15 is 0 Å². The molecule has 5 aromatic rings. The van der Waals surface area contributed by atoms with Crippen LogP contribution in [0.1, 0.15) is 18.8 Å². The van der Waals surface area contributed by atoms with Crippen molar-refractivity contribution in [2.45, 2.75) is 13.0 Å². The Hall–Kier alpha value is -4.28. The number of imidazole rings is 2. The van der Waals surface area contributed by atoms with Gasteiger partial charge in [-0.15, -0.1) is 0 Å². The summed E-state index contributed by atoms with van der Waals surface area (Å²) < 4.78 is 2.94. The van der Waals surface area contributed by atoms with Crippen LogP contribution in [-0.2, 0) is 0 Å². The molecule has 144 valence electrons. The highest BCUT2D eigenvalue weighted by molar-refractivity contribution is 5.83. The van der Waals surface area contributed by atoms with Gasteiger partial charge in [0.2, 0.25) is 11.7 Å². The molecule has 1 aromatic carbocycles. The second kappa shape index (κ2) is 6.41. The maximum Gasteiger partial charge on any atom is 0.341 e. The van der Waals surface area contributed by atoms with Gasteiger partial charge in [-0.3, -0.25) is 0 Å². The summed E-state index contributed by atoms with van der Waals surface area (Å²) in [5, 5.41) is 3.26. The maximum absolute atomic E-state index is 13.1. The first-order valence-electron chi connectivity index (χ1n) is 8.86. The van der Waals surface area contributed by atoms with Crippen LogP contribution in [0.3, 0.4) is 0 Å². The molecule has 0 spiro atoms. The second-order valence-corrected chi connectivity index (χ2v) is 6.42. The molecular formula is C18H16N10O. The number of aromatic nitrogens is 8. The molecule has 1 atom stereocenters. The Kier molecular flexibility index (Phi) is 3.72. The van der Waals surface area contributed by atoms with E-state index in [2.05, 4.69) is 35.2 Å². The first-order chi connectivity index (χ1) is 14.1. The second-order valence-electron chi connectivity index (χ2n) is 6.42. The van der Waals surface area contributed by atoms with Crippen molar-refractivity contribution in [3.63, 3.8) is 0 Å². The Labute approximate surface area is 163 Å². The molecule has 4 aromatic heterocycles. The fourth-order valence-electron chi connectivity index (χ4n) is 3.22. The zero-order valence-corrected chi connectivity index (χ0v) is 15.3. The lowest BCUT2D eigenvalue weighted by Crippen LogP contribution is -2.31. The summed E-state index contributed by atoms with van der Waals surface area (Å²) in [5.74, 6) is 1.36. The van der Waals surface area contributed by atoms with Crippen LogP contribution in [0.15, 0.2) is 53.8 Å². The summed E-state index contributed by atoms with van der Waals surface area (Å²) in [6, 6.07) is 8.89. The molecule has 4 heterocycles. The zero-order chi connectivity index (χ0) is 20.0. The number of anilines is 2. The maximum atomic E-state index is 13.1. The highest BCUT2D eigenvalue weighted by atomic mass is 16.1. The molecule has 0 aliphatic heterocycles. The van der Waals surface area contributed by atoms with Crippen molar-refractivity contribution in [1.29, 1.82) is 0 Å². The third-order valence-corrected chi connectivity index (χ3v) is 4.52. The Morgan fingerprint density at radius 3 is 2.79 bits per heavy atom. The third-order valence-electron chi connectivity index (χ3n) is 4.52. The molecule has 1 unspecified atom stereocenters. The average molecular weight is 388 g/mol. The van der Waals surface area contributed by atoms with Gasteiger partial charge in [0.15, 0.2) is 11.5 Å². The van der Waals surface area contributed by atoms with E-state index in [1.807, 2.05) is 37.3 Å². The Bertz CT molecular complexity index is 1380. The molecule has 0 saturated carbocycles. The van der Waals surface area contributed by atoms with Crippen LogP contribution in [0.5, 0.6) is 0 Å². The summed E-state index contributed by atoms with van der Waals surface area (Å²) >= 11 is 0. The first-order valence-corrected chi connectivity index (χ1v) is 8.86. The van der Waals surface area contributed by atoms with E-state index < -0.39 is 6.04 Å². The molecule has 29 heavy (non-hydrogen) atoms. The number of hydrogen-bond donors (Lipinski definition) is 3. The van der Waals surface area contributed by atoms with Crippen LogP contribution in [0.2, 0.25) is 0 Å². The Morgan fingerprint density at radius 1 is 1.14 bits per heavy atom. The van der Waals surface area contributed by atoms with Crippen molar-refractivity contribution in [1.82, 2.24) is 38.9 Å². The van der Waals surface area contributed by atoms with E-state index in [1.54, 1.807) is 17.0 Å². The van der Waals surface area contributed by atoms with Gasteiger partial charge >= 0.3 is 5.69 Å². The molecule has 5 rings (SSSR count). The van der Waals surface area contributed by atoms with Crippen molar-refractivity contribution in [3.05, 3.63) is 65.4 Å². The van der Waals surface area contributed by atoms with Gasteiger partial charge in [-0.2, -0.15) is 15.0 Å². The lowest BCUT2D eigenvalue weighted by molar-refractivity contribution is 0.692. The van der Waals surface area contributed by atoms with Crippen LogP contribution >= 0.6 is 0 Å². The number of H-pyrrole nitrogens is 1. The van der Waals surface area contributed by atoms with E-state index in [-0.39, 0.29) is 11.6 Å². The topological polar surface area (TPSA) is 145 Å². The molecule has 11 heteroatoms.